The number of halogens is 1. The topological polar surface area (TPSA) is 21.3 Å². The van der Waals surface area contributed by atoms with E-state index in [2.05, 4.69) is 12.2 Å². The average Bonchev–Trinajstić information content (AvgIpc) is 3.13. The third kappa shape index (κ3) is 4.21. The molecular formula is C14H20ClNO. The molecular weight excluding hydrogens is 234 g/mol. The molecule has 0 heterocycles. The highest BCUT2D eigenvalue weighted by Crippen LogP contribution is 2.25. The zero-order valence-corrected chi connectivity index (χ0v) is 11.1. The molecule has 1 fully saturated rings. The van der Waals surface area contributed by atoms with Crippen LogP contribution in [0.2, 0.25) is 5.02 Å². The summed E-state index contributed by atoms with van der Waals surface area (Å²) in [5.74, 6) is 0.969. The molecule has 2 nitrogen and oxygen atoms in total. The number of nitrogens with one attached hydrogen (secondary N) is 1. The van der Waals surface area contributed by atoms with Crippen LogP contribution in [0.25, 0.3) is 0 Å². The Labute approximate surface area is 108 Å². The minimum absolute atomic E-state index is 0.706. The number of benzene rings is 1. The zero-order chi connectivity index (χ0) is 12.1. The van der Waals surface area contributed by atoms with Crippen LogP contribution in [0.5, 0.6) is 5.75 Å². The van der Waals surface area contributed by atoms with Crippen LogP contribution in [-0.2, 0) is 6.54 Å². The number of hydrogen-bond donors (Lipinski definition) is 1. The fraction of sp³-hybridized carbons (Fsp3) is 0.571. The Balaban J connectivity index is 1.95. The van der Waals surface area contributed by atoms with Crippen LogP contribution in [0.3, 0.4) is 0 Å². The maximum Gasteiger partial charge on any atom is 0.123 e. The second-order valence-corrected chi connectivity index (χ2v) is 5.05. The molecule has 0 spiro atoms. The van der Waals surface area contributed by atoms with Gasteiger partial charge in [0, 0.05) is 23.2 Å². The van der Waals surface area contributed by atoms with Crippen molar-refractivity contribution in [3.05, 3.63) is 28.8 Å². The lowest BCUT2D eigenvalue weighted by Crippen LogP contribution is -2.16. The SMILES string of the molecule is CCCCOc1ccc(Cl)cc1CNC1CC1. The molecule has 1 N–H and O–H groups in total. The van der Waals surface area contributed by atoms with E-state index >= 15 is 0 Å². The quantitative estimate of drug-likeness (QED) is 0.747. The largest absolute Gasteiger partial charge is 0.493 e. The van der Waals surface area contributed by atoms with Gasteiger partial charge in [-0.05, 0) is 37.5 Å². The predicted octanol–water partition coefficient (Wildman–Crippen LogP) is 3.77. The van der Waals surface area contributed by atoms with Crippen molar-refractivity contribution in [3.63, 3.8) is 0 Å². The lowest BCUT2D eigenvalue weighted by Gasteiger charge is -2.12. The second kappa shape index (κ2) is 6.27. The van der Waals surface area contributed by atoms with Gasteiger partial charge >= 0.3 is 0 Å². The summed E-state index contributed by atoms with van der Waals surface area (Å²) in [5, 5.41) is 4.27. The van der Waals surface area contributed by atoms with E-state index in [-0.39, 0.29) is 0 Å². The molecule has 0 unspecified atom stereocenters. The molecule has 0 bridgehead atoms. The Morgan fingerprint density at radius 3 is 2.94 bits per heavy atom. The van der Waals surface area contributed by atoms with Crippen LogP contribution < -0.4 is 10.1 Å². The lowest BCUT2D eigenvalue weighted by atomic mass is 10.2. The van der Waals surface area contributed by atoms with Crippen molar-refractivity contribution in [2.45, 2.75) is 45.2 Å². The Hall–Kier alpha value is -0.730. The lowest BCUT2D eigenvalue weighted by molar-refractivity contribution is 0.305. The molecule has 0 amide bonds. The van der Waals surface area contributed by atoms with Crippen molar-refractivity contribution in [1.29, 1.82) is 0 Å². The average molecular weight is 254 g/mol. The maximum atomic E-state index is 6.03. The summed E-state index contributed by atoms with van der Waals surface area (Å²) in [6.07, 6.45) is 4.85. The standard InChI is InChI=1S/C14H20ClNO/c1-2-3-8-17-14-7-4-12(15)9-11(14)10-16-13-5-6-13/h4,7,9,13,16H,2-3,5-6,8,10H2,1H3. The van der Waals surface area contributed by atoms with Crippen LogP contribution in [-0.4, -0.2) is 12.6 Å². The van der Waals surface area contributed by atoms with E-state index in [0.717, 1.165) is 36.8 Å². The Morgan fingerprint density at radius 1 is 1.41 bits per heavy atom. The molecule has 3 heteroatoms. The van der Waals surface area contributed by atoms with Crippen LogP contribution in [0, 0.1) is 0 Å². The molecule has 0 aromatic heterocycles. The van der Waals surface area contributed by atoms with Crippen molar-refractivity contribution in [3.8, 4) is 5.75 Å². The van der Waals surface area contributed by atoms with Crippen LogP contribution >= 0.6 is 11.6 Å². The number of ether oxygens (including phenoxy) is 1. The molecule has 1 aliphatic carbocycles. The van der Waals surface area contributed by atoms with Gasteiger partial charge in [0.2, 0.25) is 0 Å². The van der Waals surface area contributed by atoms with Crippen molar-refractivity contribution < 1.29 is 4.74 Å². The molecule has 2 rings (SSSR count). The van der Waals surface area contributed by atoms with Crippen LogP contribution in [0.4, 0.5) is 0 Å². The van der Waals surface area contributed by atoms with Gasteiger partial charge in [-0.25, -0.2) is 0 Å². The summed E-state index contributed by atoms with van der Waals surface area (Å²) in [4.78, 5) is 0. The Bertz CT molecular complexity index is 363. The Morgan fingerprint density at radius 2 is 2.24 bits per heavy atom. The van der Waals surface area contributed by atoms with Crippen molar-refractivity contribution in [2.75, 3.05) is 6.61 Å². The minimum atomic E-state index is 0.706. The summed E-state index contributed by atoms with van der Waals surface area (Å²) in [6, 6.07) is 6.57. The van der Waals surface area contributed by atoms with E-state index < -0.39 is 0 Å². The molecule has 0 radical (unpaired) electrons. The molecule has 1 aromatic rings. The number of rotatable bonds is 7. The van der Waals surface area contributed by atoms with E-state index in [1.807, 2.05) is 18.2 Å². The molecule has 0 aliphatic heterocycles. The molecule has 1 aromatic carbocycles. The zero-order valence-electron chi connectivity index (χ0n) is 10.3. The summed E-state index contributed by atoms with van der Waals surface area (Å²) in [6.45, 7) is 3.81. The van der Waals surface area contributed by atoms with E-state index in [1.54, 1.807) is 0 Å². The second-order valence-electron chi connectivity index (χ2n) is 4.61. The van der Waals surface area contributed by atoms with Gasteiger partial charge in [-0.2, -0.15) is 0 Å². The first-order valence-corrected chi connectivity index (χ1v) is 6.82. The first-order valence-electron chi connectivity index (χ1n) is 6.44. The van der Waals surface area contributed by atoms with Crippen molar-refractivity contribution >= 4 is 11.6 Å². The summed E-state index contributed by atoms with van der Waals surface area (Å²) in [7, 11) is 0. The first-order chi connectivity index (χ1) is 8.29. The van der Waals surface area contributed by atoms with Gasteiger partial charge in [0.05, 0.1) is 6.61 Å². The highest BCUT2D eigenvalue weighted by atomic mass is 35.5. The predicted molar refractivity (Wildman–Crippen MR) is 71.7 cm³/mol. The summed E-state index contributed by atoms with van der Waals surface area (Å²) >= 11 is 6.03. The van der Waals surface area contributed by atoms with Gasteiger partial charge < -0.3 is 10.1 Å². The third-order valence-electron chi connectivity index (χ3n) is 2.94. The van der Waals surface area contributed by atoms with E-state index in [9.17, 15) is 0 Å². The fourth-order valence-corrected chi connectivity index (χ4v) is 1.89. The van der Waals surface area contributed by atoms with Gasteiger partial charge in [-0.15, -0.1) is 0 Å². The Kier molecular flexibility index (Phi) is 4.69. The first kappa shape index (κ1) is 12.7. The highest BCUT2D eigenvalue weighted by molar-refractivity contribution is 6.30. The third-order valence-corrected chi connectivity index (χ3v) is 3.17. The minimum Gasteiger partial charge on any atom is -0.493 e. The molecule has 1 saturated carbocycles. The van der Waals surface area contributed by atoms with Crippen LogP contribution in [0.1, 0.15) is 38.2 Å². The molecule has 17 heavy (non-hydrogen) atoms. The summed E-state index contributed by atoms with van der Waals surface area (Å²) in [5.41, 5.74) is 1.17. The van der Waals surface area contributed by atoms with Gasteiger partial charge in [0.1, 0.15) is 5.75 Å². The molecule has 0 saturated heterocycles. The monoisotopic (exact) mass is 253 g/mol. The summed E-state index contributed by atoms with van der Waals surface area (Å²) < 4.78 is 5.79. The molecule has 0 atom stereocenters. The normalized spacial score (nSPS) is 14.9. The fourth-order valence-electron chi connectivity index (χ4n) is 1.70. The van der Waals surface area contributed by atoms with Gasteiger partial charge in [0.25, 0.3) is 0 Å². The van der Waals surface area contributed by atoms with E-state index in [0.29, 0.717) is 6.04 Å². The van der Waals surface area contributed by atoms with E-state index in [4.69, 9.17) is 16.3 Å². The smallest absolute Gasteiger partial charge is 0.123 e. The van der Waals surface area contributed by atoms with Crippen molar-refractivity contribution in [2.24, 2.45) is 0 Å². The number of unbranched alkanes of at least 4 members (excludes halogenated alkanes) is 1. The van der Waals surface area contributed by atoms with Crippen molar-refractivity contribution in [1.82, 2.24) is 5.32 Å². The van der Waals surface area contributed by atoms with Crippen LogP contribution in [0.15, 0.2) is 18.2 Å². The van der Waals surface area contributed by atoms with E-state index in [1.165, 1.54) is 18.4 Å². The molecule has 1 aliphatic rings. The maximum absolute atomic E-state index is 6.03. The van der Waals surface area contributed by atoms with Gasteiger partial charge in [-0.1, -0.05) is 24.9 Å². The number of hydrogen-bond acceptors (Lipinski definition) is 2. The molecule has 94 valence electrons. The highest BCUT2D eigenvalue weighted by Gasteiger charge is 2.20. The van der Waals surface area contributed by atoms with Gasteiger partial charge in [0.15, 0.2) is 0 Å². The van der Waals surface area contributed by atoms with Gasteiger partial charge in [-0.3, -0.25) is 0 Å².